The fourth-order valence-electron chi connectivity index (χ4n) is 1.10. The van der Waals surface area contributed by atoms with Crippen LogP contribution in [-0.2, 0) is 4.74 Å². The average Bonchev–Trinajstić information content (AvgIpc) is 2.33. The Labute approximate surface area is 60.3 Å². The molecule has 0 saturated carbocycles. The molecule has 0 aromatic heterocycles. The summed E-state index contributed by atoms with van der Waals surface area (Å²) in [4.78, 5) is 0. The van der Waals surface area contributed by atoms with Gasteiger partial charge in [0, 0.05) is 25.4 Å². The topological polar surface area (TPSA) is 21.3 Å². The molecule has 0 amide bonds. The Morgan fingerprint density at radius 3 is 2.78 bits per heavy atom. The van der Waals surface area contributed by atoms with Gasteiger partial charge in [0.1, 0.15) is 0 Å². The molecule has 2 nitrogen and oxygen atoms in total. The number of rotatable bonds is 2. The monoisotopic (exact) mass is 147 g/mol. The smallest absolute Gasteiger partial charge is 0.0826 e. The van der Waals surface area contributed by atoms with Crippen LogP contribution in [0.1, 0.15) is 0 Å². The molecule has 1 heterocycles. The number of hydrogen-bond acceptors (Lipinski definition) is 3. The minimum absolute atomic E-state index is 0.431. The summed E-state index contributed by atoms with van der Waals surface area (Å²) in [7, 11) is 1.78. The van der Waals surface area contributed by atoms with Gasteiger partial charge in [-0.2, -0.15) is 11.8 Å². The first-order chi connectivity index (χ1) is 4.38. The summed E-state index contributed by atoms with van der Waals surface area (Å²) in [5, 5.41) is 3.94. The maximum absolute atomic E-state index is 5.23. The molecule has 1 N–H and O–H groups in total. The molecule has 0 radical (unpaired) electrons. The van der Waals surface area contributed by atoms with E-state index in [1.54, 1.807) is 7.11 Å². The second kappa shape index (κ2) is 3.44. The third kappa shape index (κ3) is 1.60. The maximum Gasteiger partial charge on any atom is 0.0826 e. The lowest BCUT2D eigenvalue weighted by Crippen LogP contribution is -2.22. The number of nitrogens with one attached hydrogen (secondary N) is 1. The highest BCUT2D eigenvalue weighted by Gasteiger charge is 2.25. The number of methoxy groups -OCH3 is 1. The van der Waals surface area contributed by atoms with E-state index in [4.69, 9.17) is 4.74 Å². The van der Waals surface area contributed by atoms with Gasteiger partial charge >= 0.3 is 0 Å². The SMILES string of the molecule is COC1CNCC1SC. The van der Waals surface area contributed by atoms with Gasteiger partial charge in [0.2, 0.25) is 0 Å². The first-order valence-corrected chi connectivity index (χ1v) is 4.43. The second-order valence-electron chi connectivity index (χ2n) is 2.21. The molecule has 0 aliphatic carbocycles. The summed E-state index contributed by atoms with van der Waals surface area (Å²) < 4.78 is 5.23. The number of thioether (sulfide) groups is 1. The van der Waals surface area contributed by atoms with Crippen LogP contribution in [0.3, 0.4) is 0 Å². The lowest BCUT2D eigenvalue weighted by molar-refractivity contribution is 0.123. The largest absolute Gasteiger partial charge is 0.379 e. The molecule has 1 aliphatic heterocycles. The summed E-state index contributed by atoms with van der Waals surface area (Å²) in [6, 6.07) is 0. The van der Waals surface area contributed by atoms with Gasteiger partial charge in [0.25, 0.3) is 0 Å². The second-order valence-corrected chi connectivity index (χ2v) is 3.28. The Morgan fingerprint density at radius 2 is 2.33 bits per heavy atom. The van der Waals surface area contributed by atoms with E-state index < -0.39 is 0 Å². The summed E-state index contributed by atoms with van der Waals surface area (Å²) in [5.41, 5.74) is 0. The molecular weight excluding hydrogens is 134 g/mol. The van der Waals surface area contributed by atoms with E-state index in [1.165, 1.54) is 0 Å². The molecule has 1 rings (SSSR count). The van der Waals surface area contributed by atoms with Crippen molar-refractivity contribution in [3.63, 3.8) is 0 Å². The average molecular weight is 147 g/mol. The lowest BCUT2D eigenvalue weighted by Gasteiger charge is -2.13. The summed E-state index contributed by atoms with van der Waals surface area (Å²) in [6.07, 6.45) is 2.56. The van der Waals surface area contributed by atoms with Gasteiger partial charge in [-0.05, 0) is 6.26 Å². The van der Waals surface area contributed by atoms with Gasteiger partial charge < -0.3 is 10.1 Å². The third-order valence-corrected chi connectivity index (χ3v) is 2.79. The van der Waals surface area contributed by atoms with Crippen molar-refractivity contribution >= 4 is 11.8 Å². The van der Waals surface area contributed by atoms with Crippen molar-refractivity contribution in [1.29, 1.82) is 0 Å². The molecular formula is C6H13NOS. The van der Waals surface area contributed by atoms with Gasteiger partial charge in [0.15, 0.2) is 0 Å². The van der Waals surface area contributed by atoms with E-state index in [-0.39, 0.29) is 0 Å². The Bertz CT molecular complexity index is 79.1. The molecule has 1 aliphatic rings. The standard InChI is InChI=1S/C6H13NOS/c1-8-5-3-7-4-6(5)9-2/h5-7H,3-4H2,1-2H3. The van der Waals surface area contributed by atoms with Crippen LogP contribution in [0.2, 0.25) is 0 Å². The Morgan fingerprint density at radius 1 is 1.56 bits per heavy atom. The van der Waals surface area contributed by atoms with E-state index in [2.05, 4.69) is 11.6 Å². The normalized spacial score (nSPS) is 35.3. The van der Waals surface area contributed by atoms with E-state index >= 15 is 0 Å². The predicted molar refractivity (Wildman–Crippen MR) is 41.0 cm³/mol. The van der Waals surface area contributed by atoms with Crippen LogP contribution in [-0.4, -0.2) is 37.8 Å². The minimum Gasteiger partial charge on any atom is -0.379 e. The highest BCUT2D eigenvalue weighted by atomic mass is 32.2. The van der Waals surface area contributed by atoms with E-state index in [0.717, 1.165) is 13.1 Å². The van der Waals surface area contributed by atoms with Crippen molar-refractivity contribution in [1.82, 2.24) is 5.32 Å². The Hall–Kier alpha value is 0.270. The molecule has 2 unspecified atom stereocenters. The molecule has 3 heteroatoms. The van der Waals surface area contributed by atoms with Crippen molar-refractivity contribution in [2.24, 2.45) is 0 Å². The van der Waals surface area contributed by atoms with Crippen molar-refractivity contribution < 1.29 is 4.74 Å². The van der Waals surface area contributed by atoms with Gasteiger partial charge in [-0.15, -0.1) is 0 Å². The fourth-order valence-corrected chi connectivity index (χ4v) is 1.90. The molecule has 1 fully saturated rings. The molecule has 0 aromatic rings. The minimum atomic E-state index is 0.431. The van der Waals surface area contributed by atoms with Crippen molar-refractivity contribution in [2.75, 3.05) is 26.5 Å². The van der Waals surface area contributed by atoms with Gasteiger partial charge in [-0.25, -0.2) is 0 Å². The van der Waals surface area contributed by atoms with Crippen LogP contribution in [0.4, 0.5) is 0 Å². The zero-order valence-electron chi connectivity index (χ0n) is 5.89. The molecule has 1 saturated heterocycles. The van der Waals surface area contributed by atoms with Crippen LogP contribution < -0.4 is 5.32 Å². The lowest BCUT2D eigenvalue weighted by atomic mass is 10.3. The summed E-state index contributed by atoms with van der Waals surface area (Å²) >= 11 is 1.88. The molecule has 0 bridgehead atoms. The quantitative estimate of drug-likeness (QED) is 0.608. The van der Waals surface area contributed by atoms with Crippen LogP contribution >= 0.6 is 11.8 Å². The highest BCUT2D eigenvalue weighted by molar-refractivity contribution is 7.99. The van der Waals surface area contributed by atoms with Gasteiger partial charge in [-0.3, -0.25) is 0 Å². The summed E-state index contributed by atoms with van der Waals surface area (Å²) in [5.74, 6) is 0. The molecule has 0 spiro atoms. The van der Waals surface area contributed by atoms with Gasteiger partial charge in [0.05, 0.1) is 6.10 Å². The number of hydrogen-bond donors (Lipinski definition) is 1. The Kier molecular flexibility index (Phi) is 2.82. The van der Waals surface area contributed by atoms with Crippen molar-refractivity contribution in [3.8, 4) is 0 Å². The van der Waals surface area contributed by atoms with E-state index in [0.29, 0.717) is 11.4 Å². The molecule has 2 atom stereocenters. The van der Waals surface area contributed by atoms with Crippen LogP contribution in [0.5, 0.6) is 0 Å². The van der Waals surface area contributed by atoms with Crippen LogP contribution in [0.15, 0.2) is 0 Å². The summed E-state index contributed by atoms with van der Waals surface area (Å²) in [6.45, 7) is 2.11. The third-order valence-electron chi connectivity index (χ3n) is 1.71. The highest BCUT2D eigenvalue weighted by Crippen LogP contribution is 2.16. The maximum atomic E-state index is 5.23. The Balaban J connectivity index is 2.32. The van der Waals surface area contributed by atoms with Crippen LogP contribution in [0, 0.1) is 0 Å². The fraction of sp³-hybridized carbons (Fsp3) is 1.00. The van der Waals surface area contributed by atoms with E-state index in [1.807, 2.05) is 11.8 Å². The predicted octanol–water partition coefficient (Wildman–Crippen LogP) is 0.336. The van der Waals surface area contributed by atoms with Crippen molar-refractivity contribution in [3.05, 3.63) is 0 Å². The van der Waals surface area contributed by atoms with Gasteiger partial charge in [-0.1, -0.05) is 0 Å². The van der Waals surface area contributed by atoms with Crippen LogP contribution in [0.25, 0.3) is 0 Å². The zero-order valence-corrected chi connectivity index (χ0v) is 6.70. The molecule has 54 valence electrons. The molecule has 0 aromatic carbocycles. The molecule has 9 heavy (non-hydrogen) atoms. The zero-order chi connectivity index (χ0) is 6.69. The van der Waals surface area contributed by atoms with E-state index in [9.17, 15) is 0 Å². The first-order valence-electron chi connectivity index (χ1n) is 3.14. The number of ether oxygens (including phenoxy) is 1. The first kappa shape index (κ1) is 7.38. The van der Waals surface area contributed by atoms with Crippen molar-refractivity contribution in [2.45, 2.75) is 11.4 Å².